The highest BCUT2D eigenvalue weighted by atomic mass is 32.1. The third-order valence-corrected chi connectivity index (χ3v) is 3.96. The van der Waals surface area contributed by atoms with E-state index in [0.717, 1.165) is 12.2 Å². The third-order valence-electron chi connectivity index (χ3n) is 3.04. The van der Waals surface area contributed by atoms with Crippen molar-refractivity contribution in [1.82, 2.24) is 9.88 Å². The first-order valence-corrected chi connectivity index (χ1v) is 6.20. The summed E-state index contributed by atoms with van der Waals surface area (Å²) in [6, 6.07) is 0. The number of aryl methyl sites for hydroxylation is 1. The number of nitrogens with two attached hydrogens (primary N) is 1. The number of rotatable bonds is 6. The minimum Gasteiger partial charge on any atom is -0.383 e. The molecular weight excluding hydrogens is 222 g/mol. The van der Waals surface area contributed by atoms with Crippen molar-refractivity contribution in [2.24, 2.45) is 5.73 Å². The molecule has 1 aromatic rings. The molecule has 0 bridgehead atoms. The predicted octanol–water partition coefficient (Wildman–Crippen LogP) is 1.25. The summed E-state index contributed by atoms with van der Waals surface area (Å²) in [6.45, 7) is 6.24. The van der Waals surface area contributed by atoms with Crippen molar-refractivity contribution in [2.75, 3.05) is 27.3 Å². The van der Waals surface area contributed by atoms with Gasteiger partial charge in [-0.2, -0.15) is 0 Å². The van der Waals surface area contributed by atoms with Crippen molar-refractivity contribution in [1.29, 1.82) is 0 Å². The number of aromatic nitrogens is 1. The van der Waals surface area contributed by atoms with Crippen LogP contribution in [0.5, 0.6) is 0 Å². The van der Waals surface area contributed by atoms with Crippen molar-refractivity contribution < 1.29 is 4.74 Å². The van der Waals surface area contributed by atoms with Crippen LogP contribution < -0.4 is 5.73 Å². The summed E-state index contributed by atoms with van der Waals surface area (Å²) < 4.78 is 5.23. The molecule has 1 aromatic heterocycles. The molecule has 1 atom stereocenters. The van der Waals surface area contributed by atoms with Gasteiger partial charge in [-0.25, -0.2) is 4.98 Å². The Hall–Kier alpha value is -0.490. The van der Waals surface area contributed by atoms with Crippen molar-refractivity contribution in [3.63, 3.8) is 0 Å². The molecule has 0 amide bonds. The van der Waals surface area contributed by atoms with Crippen molar-refractivity contribution >= 4 is 11.3 Å². The first-order valence-electron chi connectivity index (χ1n) is 5.32. The predicted molar refractivity (Wildman–Crippen MR) is 67.7 cm³/mol. The molecule has 0 aromatic carbocycles. The molecule has 4 nitrogen and oxygen atoms in total. The summed E-state index contributed by atoms with van der Waals surface area (Å²) in [5, 5.41) is 0. The summed E-state index contributed by atoms with van der Waals surface area (Å²) in [5.74, 6) is 0. The zero-order valence-corrected chi connectivity index (χ0v) is 11.3. The van der Waals surface area contributed by atoms with Gasteiger partial charge >= 0.3 is 0 Å². The van der Waals surface area contributed by atoms with Gasteiger partial charge in [0.1, 0.15) is 0 Å². The van der Waals surface area contributed by atoms with E-state index >= 15 is 0 Å². The second kappa shape index (κ2) is 5.72. The Balaban J connectivity index is 2.69. The topological polar surface area (TPSA) is 51.4 Å². The molecule has 1 rings (SSSR count). The average Bonchev–Trinajstić information content (AvgIpc) is 2.64. The van der Waals surface area contributed by atoms with Gasteiger partial charge in [0.25, 0.3) is 0 Å². The summed E-state index contributed by atoms with van der Waals surface area (Å²) >= 11 is 1.69. The van der Waals surface area contributed by atoms with Crippen LogP contribution in [0.4, 0.5) is 0 Å². The first-order chi connectivity index (χ1) is 7.53. The normalized spacial score (nSPS) is 15.4. The SMILES string of the molecule is COCC(C)(CN)N(C)Cc1scnc1C. The summed E-state index contributed by atoms with van der Waals surface area (Å²) in [4.78, 5) is 7.78. The molecular formula is C11H21N3OS. The van der Waals surface area contributed by atoms with Gasteiger partial charge in [0.2, 0.25) is 0 Å². The fourth-order valence-electron chi connectivity index (χ4n) is 1.52. The molecule has 0 aliphatic rings. The van der Waals surface area contributed by atoms with E-state index in [2.05, 4.69) is 23.9 Å². The highest BCUT2D eigenvalue weighted by molar-refractivity contribution is 7.09. The van der Waals surface area contributed by atoms with Gasteiger partial charge in [-0.1, -0.05) is 0 Å². The maximum absolute atomic E-state index is 5.83. The lowest BCUT2D eigenvalue weighted by molar-refractivity contribution is 0.0395. The van der Waals surface area contributed by atoms with E-state index in [1.165, 1.54) is 4.88 Å². The van der Waals surface area contributed by atoms with Crippen LogP contribution in [-0.4, -0.2) is 42.7 Å². The van der Waals surface area contributed by atoms with Crippen molar-refractivity contribution in [2.45, 2.75) is 25.9 Å². The Morgan fingerprint density at radius 3 is 2.75 bits per heavy atom. The molecule has 0 aliphatic carbocycles. The molecule has 92 valence electrons. The minimum atomic E-state index is -0.120. The second-order valence-electron chi connectivity index (χ2n) is 4.35. The Morgan fingerprint density at radius 2 is 2.31 bits per heavy atom. The van der Waals surface area contributed by atoms with Crippen LogP contribution in [0.25, 0.3) is 0 Å². The van der Waals surface area contributed by atoms with Crippen molar-refractivity contribution in [3.05, 3.63) is 16.1 Å². The van der Waals surface area contributed by atoms with E-state index in [-0.39, 0.29) is 5.54 Å². The lowest BCUT2D eigenvalue weighted by Gasteiger charge is -2.37. The standard InChI is InChI=1S/C11H21N3OS/c1-9-10(16-8-13-9)5-14(3)11(2,6-12)7-15-4/h8H,5-7,12H2,1-4H3. The van der Waals surface area contributed by atoms with Crippen molar-refractivity contribution in [3.8, 4) is 0 Å². The van der Waals surface area contributed by atoms with Gasteiger partial charge in [0, 0.05) is 25.1 Å². The molecule has 0 aliphatic heterocycles. The van der Waals surface area contributed by atoms with Gasteiger partial charge in [-0.3, -0.25) is 4.90 Å². The maximum Gasteiger partial charge on any atom is 0.0798 e. The average molecular weight is 243 g/mol. The molecule has 0 spiro atoms. The maximum atomic E-state index is 5.83. The highest BCUT2D eigenvalue weighted by Gasteiger charge is 2.28. The quantitative estimate of drug-likeness (QED) is 0.817. The molecule has 0 saturated heterocycles. The van der Waals surface area contributed by atoms with Gasteiger partial charge in [0.15, 0.2) is 0 Å². The van der Waals surface area contributed by atoms with Crippen LogP contribution in [0, 0.1) is 6.92 Å². The van der Waals surface area contributed by atoms with Crippen LogP contribution in [0.1, 0.15) is 17.5 Å². The number of nitrogens with zero attached hydrogens (tertiary/aromatic N) is 2. The Labute approximate surface area is 101 Å². The molecule has 1 heterocycles. The molecule has 0 saturated carbocycles. The van der Waals surface area contributed by atoms with E-state index < -0.39 is 0 Å². The molecule has 0 fully saturated rings. The van der Waals surface area contributed by atoms with Gasteiger partial charge < -0.3 is 10.5 Å². The van der Waals surface area contributed by atoms with Gasteiger partial charge in [0.05, 0.1) is 23.4 Å². The van der Waals surface area contributed by atoms with Gasteiger partial charge in [-0.05, 0) is 20.9 Å². The molecule has 1 unspecified atom stereocenters. The number of hydrogen-bond acceptors (Lipinski definition) is 5. The fraction of sp³-hybridized carbons (Fsp3) is 0.727. The van der Waals surface area contributed by atoms with E-state index in [0.29, 0.717) is 13.2 Å². The van der Waals surface area contributed by atoms with Crippen LogP contribution in [0.15, 0.2) is 5.51 Å². The first kappa shape index (κ1) is 13.6. The fourth-order valence-corrected chi connectivity index (χ4v) is 2.35. The summed E-state index contributed by atoms with van der Waals surface area (Å²) in [6.07, 6.45) is 0. The van der Waals surface area contributed by atoms with E-state index in [9.17, 15) is 0 Å². The van der Waals surface area contributed by atoms with E-state index in [4.69, 9.17) is 10.5 Å². The molecule has 5 heteroatoms. The number of thiazole rings is 1. The second-order valence-corrected chi connectivity index (χ2v) is 5.29. The number of ether oxygens (including phenoxy) is 1. The third kappa shape index (κ3) is 3.01. The van der Waals surface area contributed by atoms with Crippen LogP contribution in [0.2, 0.25) is 0 Å². The summed E-state index contributed by atoms with van der Waals surface area (Å²) in [5.41, 5.74) is 8.70. The number of likely N-dealkylation sites (N-methyl/N-ethyl adjacent to an activating group) is 1. The monoisotopic (exact) mass is 243 g/mol. The van der Waals surface area contributed by atoms with E-state index in [1.807, 2.05) is 12.4 Å². The smallest absolute Gasteiger partial charge is 0.0798 e. The largest absolute Gasteiger partial charge is 0.383 e. The molecule has 2 N–H and O–H groups in total. The van der Waals surface area contributed by atoms with E-state index in [1.54, 1.807) is 18.4 Å². The van der Waals surface area contributed by atoms with Crippen LogP contribution >= 0.6 is 11.3 Å². The number of methoxy groups -OCH3 is 1. The molecule has 16 heavy (non-hydrogen) atoms. The van der Waals surface area contributed by atoms with Gasteiger partial charge in [-0.15, -0.1) is 11.3 Å². The zero-order chi connectivity index (χ0) is 12.2. The summed E-state index contributed by atoms with van der Waals surface area (Å²) in [7, 11) is 3.78. The lowest BCUT2D eigenvalue weighted by atomic mass is 10.0. The lowest BCUT2D eigenvalue weighted by Crippen LogP contribution is -2.52. The zero-order valence-electron chi connectivity index (χ0n) is 10.5. The van der Waals surface area contributed by atoms with Crippen LogP contribution in [-0.2, 0) is 11.3 Å². The van der Waals surface area contributed by atoms with Crippen LogP contribution in [0.3, 0.4) is 0 Å². The number of hydrogen-bond donors (Lipinski definition) is 1. The molecule has 0 radical (unpaired) electrons. The minimum absolute atomic E-state index is 0.120. The highest BCUT2D eigenvalue weighted by Crippen LogP contribution is 2.20. The Bertz CT molecular complexity index is 329. The Kier molecular flexibility index (Phi) is 4.86. The Morgan fingerprint density at radius 1 is 1.62 bits per heavy atom.